The number of rotatable bonds is 1. The van der Waals surface area contributed by atoms with Crippen LogP contribution in [0.1, 0.15) is 5.56 Å². The summed E-state index contributed by atoms with van der Waals surface area (Å²) in [5, 5.41) is 13.9. The summed E-state index contributed by atoms with van der Waals surface area (Å²) in [5.41, 5.74) is 1.10. The molecule has 0 unspecified atom stereocenters. The smallest absolute Gasteiger partial charge is 0.313 e. The normalized spacial score (nSPS) is 9.47. The van der Waals surface area contributed by atoms with Crippen LogP contribution in [0, 0.1) is 6.92 Å². The summed E-state index contributed by atoms with van der Waals surface area (Å²) in [7, 11) is 1.36. The first kappa shape index (κ1) is 11.0. The average molecular weight is 208 g/mol. The Bertz CT molecular complexity index is 402. The van der Waals surface area contributed by atoms with E-state index in [2.05, 4.69) is 10.6 Å². The Labute approximate surface area is 87.1 Å². The minimum Gasteiger partial charge on any atom is -0.506 e. The molecule has 0 aromatic heterocycles. The molecule has 0 bridgehead atoms. The van der Waals surface area contributed by atoms with E-state index in [9.17, 15) is 14.7 Å². The Morgan fingerprint density at radius 3 is 2.53 bits per heavy atom. The summed E-state index contributed by atoms with van der Waals surface area (Å²) in [6.45, 7) is 1.81. The maximum absolute atomic E-state index is 11.2. The summed E-state index contributed by atoms with van der Waals surface area (Å²) in [6.07, 6.45) is 0. The molecule has 80 valence electrons. The second-order valence-corrected chi connectivity index (χ2v) is 3.05. The van der Waals surface area contributed by atoms with Crippen molar-refractivity contribution in [2.24, 2.45) is 0 Å². The number of nitrogens with one attached hydrogen (secondary N) is 2. The second kappa shape index (κ2) is 4.45. The van der Waals surface area contributed by atoms with Crippen molar-refractivity contribution in [3.8, 4) is 5.75 Å². The first-order chi connectivity index (χ1) is 7.04. The number of carbonyl (C=O) groups excluding carboxylic acids is 2. The Morgan fingerprint density at radius 2 is 1.93 bits per heavy atom. The molecule has 1 aromatic rings. The molecular weight excluding hydrogens is 196 g/mol. The van der Waals surface area contributed by atoms with E-state index in [-0.39, 0.29) is 11.4 Å². The first-order valence-corrected chi connectivity index (χ1v) is 4.37. The lowest BCUT2D eigenvalue weighted by atomic mass is 10.2. The fourth-order valence-electron chi connectivity index (χ4n) is 1.04. The summed E-state index contributed by atoms with van der Waals surface area (Å²) in [6, 6.07) is 4.73. The molecule has 0 spiro atoms. The van der Waals surface area contributed by atoms with Crippen molar-refractivity contribution in [3.05, 3.63) is 23.8 Å². The molecule has 2 amide bonds. The van der Waals surface area contributed by atoms with Crippen LogP contribution in [0.4, 0.5) is 5.69 Å². The number of likely N-dealkylation sites (N-methyl/N-ethyl adjacent to an activating group) is 1. The summed E-state index contributed by atoms with van der Waals surface area (Å²) < 4.78 is 0. The highest BCUT2D eigenvalue weighted by Gasteiger charge is 2.13. The fraction of sp³-hybridized carbons (Fsp3) is 0.200. The summed E-state index contributed by atoms with van der Waals surface area (Å²) in [5.74, 6) is -1.63. The molecule has 3 N–H and O–H groups in total. The van der Waals surface area contributed by atoms with E-state index in [1.54, 1.807) is 12.1 Å². The Hall–Kier alpha value is -2.04. The molecule has 0 aliphatic heterocycles. The molecule has 15 heavy (non-hydrogen) atoms. The van der Waals surface area contributed by atoms with Crippen LogP contribution < -0.4 is 10.6 Å². The number of aromatic hydroxyl groups is 1. The number of aryl methyl sites for hydroxylation is 1. The van der Waals surface area contributed by atoms with E-state index in [1.807, 2.05) is 6.92 Å². The van der Waals surface area contributed by atoms with Gasteiger partial charge in [-0.05, 0) is 24.6 Å². The van der Waals surface area contributed by atoms with Gasteiger partial charge < -0.3 is 15.7 Å². The van der Waals surface area contributed by atoms with E-state index in [4.69, 9.17) is 0 Å². The van der Waals surface area contributed by atoms with Gasteiger partial charge in [0.15, 0.2) is 0 Å². The lowest BCUT2D eigenvalue weighted by Gasteiger charge is -2.06. The van der Waals surface area contributed by atoms with Crippen LogP contribution in [0.15, 0.2) is 18.2 Å². The number of hydrogen-bond donors (Lipinski definition) is 3. The van der Waals surface area contributed by atoms with Crippen molar-refractivity contribution >= 4 is 17.5 Å². The lowest BCUT2D eigenvalue weighted by molar-refractivity contribution is -0.135. The number of anilines is 1. The molecule has 0 aliphatic rings. The fourth-order valence-corrected chi connectivity index (χ4v) is 1.04. The van der Waals surface area contributed by atoms with E-state index in [0.29, 0.717) is 0 Å². The van der Waals surface area contributed by atoms with Gasteiger partial charge in [0.05, 0.1) is 5.69 Å². The van der Waals surface area contributed by atoms with Crippen molar-refractivity contribution in [3.63, 3.8) is 0 Å². The number of phenolic OH excluding ortho intramolecular Hbond substituents is 1. The van der Waals surface area contributed by atoms with Crippen LogP contribution in [0.25, 0.3) is 0 Å². The van der Waals surface area contributed by atoms with Crippen molar-refractivity contribution in [2.75, 3.05) is 12.4 Å². The number of carbonyl (C=O) groups is 2. The predicted octanol–water partition coefficient (Wildman–Crippen LogP) is 0.385. The SMILES string of the molecule is CNC(=O)C(=O)Nc1cc(C)ccc1O. The zero-order chi connectivity index (χ0) is 11.4. The van der Waals surface area contributed by atoms with Gasteiger partial charge in [0, 0.05) is 7.05 Å². The van der Waals surface area contributed by atoms with Gasteiger partial charge in [-0.15, -0.1) is 0 Å². The third-order valence-electron chi connectivity index (χ3n) is 1.83. The molecule has 0 saturated carbocycles. The number of amides is 2. The lowest BCUT2D eigenvalue weighted by Crippen LogP contribution is -2.32. The van der Waals surface area contributed by atoms with Crippen LogP contribution in [-0.2, 0) is 9.59 Å². The third-order valence-corrected chi connectivity index (χ3v) is 1.83. The highest BCUT2D eigenvalue weighted by Crippen LogP contribution is 2.23. The maximum Gasteiger partial charge on any atom is 0.313 e. The molecule has 5 heteroatoms. The minimum absolute atomic E-state index is 0.0714. The van der Waals surface area contributed by atoms with Crippen molar-refractivity contribution in [2.45, 2.75) is 6.92 Å². The molecule has 1 aromatic carbocycles. The molecular formula is C10H12N2O3. The first-order valence-electron chi connectivity index (χ1n) is 4.37. The highest BCUT2D eigenvalue weighted by molar-refractivity contribution is 6.39. The van der Waals surface area contributed by atoms with Crippen molar-refractivity contribution < 1.29 is 14.7 Å². The average Bonchev–Trinajstić information content (AvgIpc) is 2.22. The Kier molecular flexibility index (Phi) is 3.28. The number of benzene rings is 1. The largest absolute Gasteiger partial charge is 0.506 e. The monoisotopic (exact) mass is 208 g/mol. The quantitative estimate of drug-likeness (QED) is 0.461. The van der Waals surface area contributed by atoms with Crippen LogP contribution in [0.2, 0.25) is 0 Å². The van der Waals surface area contributed by atoms with Gasteiger partial charge >= 0.3 is 11.8 Å². The van der Waals surface area contributed by atoms with Crippen LogP contribution in [-0.4, -0.2) is 24.0 Å². The highest BCUT2D eigenvalue weighted by atomic mass is 16.3. The third kappa shape index (κ3) is 2.70. The van der Waals surface area contributed by atoms with Crippen LogP contribution in [0.5, 0.6) is 5.75 Å². The standard InChI is InChI=1S/C10H12N2O3/c1-6-3-4-8(13)7(5-6)12-10(15)9(14)11-2/h3-5,13H,1-2H3,(H,11,14)(H,12,15). The second-order valence-electron chi connectivity index (χ2n) is 3.05. The van der Waals surface area contributed by atoms with E-state index >= 15 is 0 Å². The van der Waals surface area contributed by atoms with Gasteiger partial charge in [-0.25, -0.2) is 0 Å². The molecule has 0 heterocycles. The molecule has 0 saturated heterocycles. The Balaban J connectivity index is 2.85. The van der Waals surface area contributed by atoms with Gasteiger partial charge in [-0.3, -0.25) is 9.59 Å². The van der Waals surface area contributed by atoms with Crippen molar-refractivity contribution in [1.29, 1.82) is 0 Å². The van der Waals surface area contributed by atoms with Crippen LogP contribution in [0.3, 0.4) is 0 Å². The zero-order valence-corrected chi connectivity index (χ0v) is 8.50. The number of phenols is 1. The van der Waals surface area contributed by atoms with Gasteiger partial charge in [-0.1, -0.05) is 6.07 Å². The van der Waals surface area contributed by atoms with Gasteiger partial charge in [-0.2, -0.15) is 0 Å². The van der Waals surface area contributed by atoms with Crippen LogP contribution >= 0.6 is 0 Å². The molecule has 1 rings (SSSR count). The predicted molar refractivity (Wildman–Crippen MR) is 55.5 cm³/mol. The minimum atomic E-state index is -0.807. The summed E-state index contributed by atoms with van der Waals surface area (Å²) in [4.78, 5) is 22.1. The van der Waals surface area contributed by atoms with E-state index in [0.717, 1.165) is 5.56 Å². The van der Waals surface area contributed by atoms with Gasteiger partial charge in [0.25, 0.3) is 0 Å². The molecule has 0 fully saturated rings. The van der Waals surface area contributed by atoms with Gasteiger partial charge in [0.1, 0.15) is 5.75 Å². The number of hydrogen-bond acceptors (Lipinski definition) is 3. The van der Waals surface area contributed by atoms with E-state index < -0.39 is 11.8 Å². The van der Waals surface area contributed by atoms with Crippen molar-refractivity contribution in [1.82, 2.24) is 5.32 Å². The summed E-state index contributed by atoms with van der Waals surface area (Å²) >= 11 is 0. The molecule has 0 radical (unpaired) electrons. The molecule has 5 nitrogen and oxygen atoms in total. The van der Waals surface area contributed by atoms with Gasteiger partial charge in [0.2, 0.25) is 0 Å². The maximum atomic E-state index is 11.2. The molecule has 0 atom stereocenters. The molecule has 0 aliphatic carbocycles. The zero-order valence-electron chi connectivity index (χ0n) is 8.50. The topological polar surface area (TPSA) is 78.4 Å². The Morgan fingerprint density at radius 1 is 1.27 bits per heavy atom. The van der Waals surface area contributed by atoms with E-state index in [1.165, 1.54) is 13.1 Å².